The molecule has 0 aliphatic heterocycles. The van der Waals surface area contributed by atoms with Gasteiger partial charge in [0.25, 0.3) is 0 Å². The molecule has 2 rings (SSSR count). The maximum atomic E-state index is 5.71. The summed E-state index contributed by atoms with van der Waals surface area (Å²) < 4.78 is 2.02. The van der Waals surface area contributed by atoms with Gasteiger partial charge >= 0.3 is 0 Å². The van der Waals surface area contributed by atoms with E-state index in [4.69, 9.17) is 5.84 Å². The van der Waals surface area contributed by atoms with Gasteiger partial charge in [0.1, 0.15) is 0 Å². The first-order chi connectivity index (χ1) is 9.22. The molecule has 4 nitrogen and oxygen atoms in total. The van der Waals surface area contributed by atoms with E-state index in [0.29, 0.717) is 6.04 Å². The van der Waals surface area contributed by atoms with Crippen molar-refractivity contribution in [2.45, 2.75) is 38.8 Å². The Morgan fingerprint density at radius 2 is 1.95 bits per heavy atom. The molecule has 1 unspecified atom stereocenters. The molecule has 0 saturated heterocycles. The summed E-state index contributed by atoms with van der Waals surface area (Å²) in [7, 11) is 0. The number of hydrazine groups is 1. The van der Waals surface area contributed by atoms with E-state index in [1.54, 1.807) is 0 Å². The average Bonchev–Trinajstić information content (AvgIpc) is 2.90. The van der Waals surface area contributed by atoms with Crippen molar-refractivity contribution in [2.75, 3.05) is 0 Å². The third-order valence-corrected chi connectivity index (χ3v) is 3.31. The molecule has 4 heteroatoms. The van der Waals surface area contributed by atoms with Crippen molar-refractivity contribution in [3.05, 3.63) is 53.9 Å². The number of nitrogens with zero attached hydrogens (tertiary/aromatic N) is 2. The first kappa shape index (κ1) is 13.8. The second-order valence-corrected chi connectivity index (χ2v) is 5.04. The van der Waals surface area contributed by atoms with Gasteiger partial charge in [-0.2, -0.15) is 5.10 Å². The molecule has 0 aliphatic rings. The van der Waals surface area contributed by atoms with Crippen molar-refractivity contribution in [1.82, 2.24) is 15.2 Å². The van der Waals surface area contributed by atoms with Crippen molar-refractivity contribution < 1.29 is 0 Å². The third-order valence-electron chi connectivity index (χ3n) is 3.31. The SMILES string of the molecule is CC(C)n1nccc1C(CCc1ccccc1)NN. The number of benzene rings is 1. The molecule has 0 aliphatic carbocycles. The number of nitrogens with two attached hydrogens (primary N) is 1. The summed E-state index contributed by atoms with van der Waals surface area (Å²) in [4.78, 5) is 0. The molecule has 1 aromatic carbocycles. The first-order valence-corrected chi connectivity index (χ1v) is 6.76. The lowest BCUT2D eigenvalue weighted by Crippen LogP contribution is -2.30. The van der Waals surface area contributed by atoms with Gasteiger partial charge in [-0.3, -0.25) is 16.0 Å². The molecule has 0 amide bonds. The van der Waals surface area contributed by atoms with Crippen molar-refractivity contribution in [3.63, 3.8) is 0 Å². The number of aromatic nitrogens is 2. The van der Waals surface area contributed by atoms with E-state index in [9.17, 15) is 0 Å². The number of hydrogen-bond donors (Lipinski definition) is 2. The first-order valence-electron chi connectivity index (χ1n) is 6.76. The van der Waals surface area contributed by atoms with Crippen LogP contribution in [0.15, 0.2) is 42.6 Å². The lowest BCUT2D eigenvalue weighted by molar-refractivity contribution is 0.433. The fourth-order valence-electron chi connectivity index (χ4n) is 2.30. The zero-order valence-corrected chi connectivity index (χ0v) is 11.6. The summed E-state index contributed by atoms with van der Waals surface area (Å²) in [5, 5.41) is 4.36. The van der Waals surface area contributed by atoms with Gasteiger partial charge in [-0.05, 0) is 38.3 Å². The second kappa shape index (κ2) is 6.50. The molecule has 1 heterocycles. The van der Waals surface area contributed by atoms with Gasteiger partial charge in [-0.25, -0.2) is 0 Å². The van der Waals surface area contributed by atoms with Crippen LogP contribution >= 0.6 is 0 Å². The maximum Gasteiger partial charge on any atom is 0.0632 e. The van der Waals surface area contributed by atoms with Gasteiger partial charge in [-0.15, -0.1) is 0 Å². The summed E-state index contributed by atoms with van der Waals surface area (Å²) in [6.07, 6.45) is 3.79. The molecule has 1 atom stereocenters. The molecule has 0 saturated carbocycles. The predicted molar refractivity (Wildman–Crippen MR) is 77.4 cm³/mol. The smallest absolute Gasteiger partial charge is 0.0632 e. The molecule has 0 fully saturated rings. The fourth-order valence-corrected chi connectivity index (χ4v) is 2.30. The molecular weight excluding hydrogens is 236 g/mol. The van der Waals surface area contributed by atoms with Gasteiger partial charge in [0.15, 0.2) is 0 Å². The molecule has 19 heavy (non-hydrogen) atoms. The molecule has 0 bridgehead atoms. The van der Waals surface area contributed by atoms with E-state index in [1.807, 2.05) is 23.0 Å². The van der Waals surface area contributed by atoms with Crippen LogP contribution < -0.4 is 11.3 Å². The highest BCUT2D eigenvalue weighted by molar-refractivity contribution is 5.16. The summed E-state index contributed by atoms with van der Waals surface area (Å²) in [6.45, 7) is 4.25. The van der Waals surface area contributed by atoms with E-state index < -0.39 is 0 Å². The highest BCUT2D eigenvalue weighted by Crippen LogP contribution is 2.20. The predicted octanol–water partition coefficient (Wildman–Crippen LogP) is 2.60. The average molecular weight is 258 g/mol. The standard InChI is InChI=1S/C15H22N4/c1-12(2)19-15(10-11-17-19)14(18-16)9-8-13-6-4-3-5-7-13/h3-7,10-12,14,18H,8-9,16H2,1-2H3. The molecule has 1 aromatic heterocycles. The molecule has 0 radical (unpaired) electrons. The van der Waals surface area contributed by atoms with E-state index in [0.717, 1.165) is 18.5 Å². The quantitative estimate of drug-likeness (QED) is 0.618. The Morgan fingerprint density at radius 1 is 1.21 bits per heavy atom. The summed E-state index contributed by atoms with van der Waals surface area (Å²) in [5.74, 6) is 5.71. The van der Waals surface area contributed by atoms with Gasteiger partial charge in [-0.1, -0.05) is 30.3 Å². The van der Waals surface area contributed by atoms with Gasteiger partial charge < -0.3 is 0 Å². The zero-order valence-electron chi connectivity index (χ0n) is 11.6. The van der Waals surface area contributed by atoms with Crippen molar-refractivity contribution in [1.29, 1.82) is 0 Å². The highest BCUT2D eigenvalue weighted by atomic mass is 15.3. The van der Waals surface area contributed by atoms with Crippen LogP contribution in [0, 0.1) is 0 Å². The van der Waals surface area contributed by atoms with Crippen molar-refractivity contribution in [3.8, 4) is 0 Å². The lowest BCUT2D eigenvalue weighted by Gasteiger charge is -2.19. The number of hydrogen-bond acceptors (Lipinski definition) is 3. The highest BCUT2D eigenvalue weighted by Gasteiger charge is 2.16. The topological polar surface area (TPSA) is 55.9 Å². The molecule has 3 N–H and O–H groups in total. The maximum absolute atomic E-state index is 5.71. The Labute approximate surface area is 114 Å². The Morgan fingerprint density at radius 3 is 2.58 bits per heavy atom. The minimum Gasteiger partial charge on any atom is -0.271 e. The van der Waals surface area contributed by atoms with Crippen molar-refractivity contribution >= 4 is 0 Å². The van der Waals surface area contributed by atoms with E-state index >= 15 is 0 Å². The Hall–Kier alpha value is -1.65. The van der Waals surface area contributed by atoms with Crippen LogP contribution in [-0.2, 0) is 6.42 Å². The Bertz CT molecular complexity index is 490. The normalized spacial score (nSPS) is 12.8. The number of aryl methyl sites for hydroxylation is 1. The van der Waals surface area contributed by atoms with Crippen LogP contribution in [0.25, 0.3) is 0 Å². The van der Waals surface area contributed by atoms with E-state index in [-0.39, 0.29) is 6.04 Å². The summed E-state index contributed by atoms with van der Waals surface area (Å²) in [5.41, 5.74) is 5.39. The largest absolute Gasteiger partial charge is 0.271 e. The van der Waals surface area contributed by atoms with Crippen LogP contribution in [0.2, 0.25) is 0 Å². The van der Waals surface area contributed by atoms with E-state index in [2.05, 4.69) is 48.6 Å². The van der Waals surface area contributed by atoms with Gasteiger partial charge in [0.2, 0.25) is 0 Å². The minimum absolute atomic E-state index is 0.130. The summed E-state index contributed by atoms with van der Waals surface area (Å²) >= 11 is 0. The van der Waals surface area contributed by atoms with Gasteiger partial charge in [0.05, 0.1) is 11.7 Å². The van der Waals surface area contributed by atoms with Gasteiger partial charge in [0, 0.05) is 12.2 Å². The van der Waals surface area contributed by atoms with Crippen LogP contribution in [0.5, 0.6) is 0 Å². The zero-order chi connectivity index (χ0) is 13.7. The van der Waals surface area contributed by atoms with Crippen molar-refractivity contribution in [2.24, 2.45) is 5.84 Å². The number of nitrogens with one attached hydrogen (secondary N) is 1. The second-order valence-electron chi connectivity index (χ2n) is 5.04. The van der Waals surface area contributed by atoms with Crippen LogP contribution in [0.1, 0.15) is 43.6 Å². The Kier molecular flexibility index (Phi) is 4.71. The van der Waals surface area contributed by atoms with Crippen LogP contribution in [0.4, 0.5) is 0 Å². The third kappa shape index (κ3) is 3.43. The lowest BCUT2D eigenvalue weighted by atomic mass is 10.0. The molecular formula is C15H22N4. The Balaban J connectivity index is 2.06. The van der Waals surface area contributed by atoms with Crippen LogP contribution in [-0.4, -0.2) is 9.78 Å². The molecule has 102 valence electrons. The molecule has 2 aromatic rings. The monoisotopic (exact) mass is 258 g/mol. The molecule has 0 spiro atoms. The van der Waals surface area contributed by atoms with E-state index in [1.165, 1.54) is 5.56 Å². The number of rotatable bonds is 6. The summed E-state index contributed by atoms with van der Waals surface area (Å²) in [6, 6.07) is 13.0. The van der Waals surface area contributed by atoms with Crippen LogP contribution in [0.3, 0.4) is 0 Å². The fraction of sp³-hybridized carbons (Fsp3) is 0.400. The minimum atomic E-state index is 0.130.